The lowest BCUT2D eigenvalue weighted by Gasteiger charge is -2.26. The summed E-state index contributed by atoms with van der Waals surface area (Å²) < 4.78 is 5.24. The van der Waals surface area contributed by atoms with E-state index in [-0.39, 0.29) is 25.7 Å². The zero-order valence-corrected chi connectivity index (χ0v) is 10.6. The molecule has 0 saturated carbocycles. The molecule has 4 amide bonds. The van der Waals surface area contributed by atoms with E-state index in [0.29, 0.717) is 13.0 Å². The molecule has 2 unspecified atom stereocenters. The van der Waals surface area contributed by atoms with Gasteiger partial charge in [0.05, 0.1) is 12.6 Å². The Bertz CT molecular complexity index is 397. The number of hydrogen-bond donors (Lipinski definition) is 3. The maximum absolute atomic E-state index is 11.7. The quantitative estimate of drug-likeness (QED) is 0.523. The van der Waals surface area contributed by atoms with Crippen LogP contribution in [-0.2, 0) is 14.3 Å². The SMILES string of the molecule is CC1OCCC1(O)CNC(=O)CN1C(=O)CNC1=O. The lowest BCUT2D eigenvalue weighted by Crippen LogP contribution is -2.50. The number of nitrogens with one attached hydrogen (secondary N) is 2. The highest BCUT2D eigenvalue weighted by molar-refractivity contribution is 6.04. The van der Waals surface area contributed by atoms with Gasteiger partial charge in [-0.3, -0.25) is 14.5 Å². The number of nitrogens with zero attached hydrogens (tertiary/aromatic N) is 1. The summed E-state index contributed by atoms with van der Waals surface area (Å²) in [5.41, 5.74) is -1.09. The van der Waals surface area contributed by atoms with E-state index in [1.807, 2.05) is 0 Å². The Kier molecular flexibility index (Phi) is 3.72. The van der Waals surface area contributed by atoms with Gasteiger partial charge in [0.15, 0.2) is 0 Å². The normalized spacial score (nSPS) is 30.6. The van der Waals surface area contributed by atoms with Gasteiger partial charge in [0.2, 0.25) is 5.91 Å². The molecule has 0 spiro atoms. The number of aliphatic hydroxyl groups is 1. The van der Waals surface area contributed by atoms with Crippen LogP contribution in [0.4, 0.5) is 4.79 Å². The van der Waals surface area contributed by atoms with Crippen LogP contribution >= 0.6 is 0 Å². The molecule has 0 bridgehead atoms. The first-order valence-electron chi connectivity index (χ1n) is 6.11. The smallest absolute Gasteiger partial charge is 0.325 e. The van der Waals surface area contributed by atoms with E-state index in [9.17, 15) is 19.5 Å². The molecular weight excluding hydrogens is 254 g/mol. The lowest BCUT2D eigenvalue weighted by atomic mass is 9.97. The molecule has 0 radical (unpaired) electrons. The van der Waals surface area contributed by atoms with Crippen molar-refractivity contribution in [2.75, 3.05) is 26.2 Å². The summed E-state index contributed by atoms with van der Waals surface area (Å²) in [6, 6.07) is -0.573. The zero-order valence-electron chi connectivity index (χ0n) is 10.6. The van der Waals surface area contributed by atoms with Crippen LogP contribution < -0.4 is 10.6 Å². The fourth-order valence-electron chi connectivity index (χ4n) is 2.07. The standard InChI is InChI=1S/C11H17N3O5/c1-7-11(18,2-3-19-7)6-13-8(15)5-14-9(16)4-12-10(14)17/h7,18H,2-6H2,1H3,(H,12,17)(H,13,15). The van der Waals surface area contributed by atoms with Gasteiger partial charge in [-0.25, -0.2) is 4.79 Å². The number of carbonyl (C=O) groups excluding carboxylic acids is 3. The van der Waals surface area contributed by atoms with Crippen molar-refractivity contribution in [3.8, 4) is 0 Å². The summed E-state index contributed by atoms with van der Waals surface area (Å²) in [7, 11) is 0. The Hall–Kier alpha value is -1.67. The molecule has 0 aromatic carbocycles. The molecule has 106 valence electrons. The summed E-state index contributed by atoms with van der Waals surface area (Å²) in [6.07, 6.45) is 0.0851. The summed E-state index contributed by atoms with van der Waals surface area (Å²) in [5.74, 6) is -0.922. The van der Waals surface area contributed by atoms with Crippen molar-refractivity contribution >= 4 is 17.8 Å². The molecule has 0 aromatic heterocycles. The molecule has 0 aromatic rings. The minimum Gasteiger partial charge on any atom is -0.385 e. The van der Waals surface area contributed by atoms with Gasteiger partial charge in [-0.1, -0.05) is 0 Å². The summed E-state index contributed by atoms with van der Waals surface area (Å²) >= 11 is 0. The minimum atomic E-state index is -1.09. The number of ether oxygens (including phenoxy) is 1. The average molecular weight is 271 g/mol. The molecule has 2 rings (SSSR count). The summed E-state index contributed by atoms with van der Waals surface area (Å²) in [5, 5.41) is 15.0. The Balaban J connectivity index is 1.82. The van der Waals surface area contributed by atoms with Crippen molar-refractivity contribution < 1.29 is 24.2 Å². The van der Waals surface area contributed by atoms with E-state index in [0.717, 1.165) is 4.90 Å². The second kappa shape index (κ2) is 5.14. The molecular formula is C11H17N3O5. The first kappa shape index (κ1) is 13.8. The number of rotatable bonds is 4. The summed E-state index contributed by atoms with van der Waals surface area (Å²) in [4.78, 5) is 35.0. The van der Waals surface area contributed by atoms with Gasteiger partial charge < -0.3 is 20.5 Å². The van der Waals surface area contributed by atoms with Crippen molar-refractivity contribution in [2.45, 2.75) is 25.0 Å². The molecule has 2 aliphatic rings. The highest BCUT2D eigenvalue weighted by Crippen LogP contribution is 2.24. The van der Waals surface area contributed by atoms with Crippen LogP contribution in [0.2, 0.25) is 0 Å². The van der Waals surface area contributed by atoms with Crippen LogP contribution in [0.25, 0.3) is 0 Å². The number of imide groups is 1. The third-order valence-electron chi connectivity index (χ3n) is 3.49. The molecule has 3 N–H and O–H groups in total. The van der Waals surface area contributed by atoms with E-state index in [1.165, 1.54) is 0 Å². The van der Waals surface area contributed by atoms with Gasteiger partial charge >= 0.3 is 6.03 Å². The third kappa shape index (κ3) is 2.85. The Morgan fingerprint density at radius 2 is 2.37 bits per heavy atom. The molecule has 2 saturated heterocycles. The largest absolute Gasteiger partial charge is 0.385 e. The number of amides is 4. The van der Waals surface area contributed by atoms with Crippen LogP contribution in [0.1, 0.15) is 13.3 Å². The molecule has 2 fully saturated rings. The minimum absolute atomic E-state index is 0.0383. The molecule has 19 heavy (non-hydrogen) atoms. The van der Waals surface area contributed by atoms with Crippen molar-refractivity contribution in [1.29, 1.82) is 0 Å². The lowest BCUT2D eigenvalue weighted by molar-refractivity contribution is -0.131. The van der Waals surface area contributed by atoms with E-state index in [2.05, 4.69) is 10.6 Å². The Morgan fingerprint density at radius 3 is 2.89 bits per heavy atom. The zero-order chi connectivity index (χ0) is 14.0. The van der Waals surface area contributed by atoms with E-state index in [4.69, 9.17) is 4.74 Å². The molecule has 0 aliphatic carbocycles. The van der Waals surface area contributed by atoms with E-state index < -0.39 is 23.4 Å². The van der Waals surface area contributed by atoms with Gasteiger partial charge in [0.1, 0.15) is 12.1 Å². The van der Waals surface area contributed by atoms with Crippen LogP contribution in [0.15, 0.2) is 0 Å². The van der Waals surface area contributed by atoms with E-state index in [1.54, 1.807) is 6.92 Å². The highest BCUT2D eigenvalue weighted by atomic mass is 16.5. The van der Waals surface area contributed by atoms with Crippen molar-refractivity contribution in [2.24, 2.45) is 0 Å². The van der Waals surface area contributed by atoms with Gasteiger partial charge in [-0.05, 0) is 6.92 Å². The molecule has 2 heterocycles. The van der Waals surface area contributed by atoms with Crippen molar-refractivity contribution in [1.82, 2.24) is 15.5 Å². The topological polar surface area (TPSA) is 108 Å². The van der Waals surface area contributed by atoms with Gasteiger partial charge in [0, 0.05) is 19.6 Å². The van der Waals surface area contributed by atoms with Crippen LogP contribution in [0, 0.1) is 0 Å². The monoisotopic (exact) mass is 271 g/mol. The number of carbonyl (C=O) groups is 3. The first-order chi connectivity index (χ1) is 8.92. The average Bonchev–Trinajstić information content (AvgIpc) is 2.85. The first-order valence-corrected chi connectivity index (χ1v) is 6.11. The Morgan fingerprint density at radius 1 is 1.63 bits per heavy atom. The van der Waals surface area contributed by atoms with E-state index >= 15 is 0 Å². The van der Waals surface area contributed by atoms with Crippen LogP contribution in [-0.4, -0.2) is 65.8 Å². The fraction of sp³-hybridized carbons (Fsp3) is 0.727. The second-order valence-corrected chi connectivity index (χ2v) is 4.78. The number of hydrogen-bond acceptors (Lipinski definition) is 5. The summed E-state index contributed by atoms with van der Waals surface area (Å²) in [6.45, 7) is 1.80. The predicted octanol–water partition coefficient (Wildman–Crippen LogP) is -1.81. The van der Waals surface area contributed by atoms with Crippen LogP contribution in [0.3, 0.4) is 0 Å². The van der Waals surface area contributed by atoms with Crippen LogP contribution in [0.5, 0.6) is 0 Å². The van der Waals surface area contributed by atoms with Crippen molar-refractivity contribution in [3.05, 3.63) is 0 Å². The second-order valence-electron chi connectivity index (χ2n) is 4.78. The predicted molar refractivity (Wildman–Crippen MR) is 63.1 cm³/mol. The van der Waals surface area contributed by atoms with Gasteiger partial charge in [-0.2, -0.15) is 0 Å². The maximum Gasteiger partial charge on any atom is 0.325 e. The third-order valence-corrected chi connectivity index (χ3v) is 3.49. The van der Waals surface area contributed by atoms with Gasteiger partial charge in [0.25, 0.3) is 5.91 Å². The molecule has 8 heteroatoms. The molecule has 8 nitrogen and oxygen atoms in total. The fourth-order valence-corrected chi connectivity index (χ4v) is 2.07. The Labute approximate surface area is 110 Å². The van der Waals surface area contributed by atoms with Gasteiger partial charge in [-0.15, -0.1) is 0 Å². The molecule has 2 atom stereocenters. The molecule has 2 aliphatic heterocycles. The number of urea groups is 1. The maximum atomic E-state index is 11.7. The van der Waals surface area contributed by atoms with Crippen molar-refractivity contribution in [3.63, 3.8) is 0 Å². The highest BCUT2D eigenvalue weighted by Gasteiger charge is 2.40.